The molecule has 4 rings (SSSR count). The molecule has 0 saturated heterocycles. The lowest BCUT2D eigenvalue weighted by molar-refractivity contribution is 0.266. The van der Waals surface area contributed by atoms with Crippen molar-refractivity contribution in [1.29, 1.82) is 0 Å². The van der Waals surface area contributed by atoms with E-state index in [4.69, 9.17) is 25.8 Å². The maximum atomic E-state index is 13.0. The first-order valence-corrected chi connectivity index (χ1v) is 11.4. The summed E-state index contributed by atoms with van der Waals surface area (Å²) < 4.78 is 19.1. The first-order valence-electron chi connectivity index (χ1n) is 10.3. The zero-order valence-electron chi connectivity index (χ0n) is 18.7. The van der Waals surface area contributed by atoms with E-state index in [1.54, 1.807) is 63.8 Å². The Hall–Kier alpha value is -3.36. The highest BCUT2D eigenvalue weighted by molar-refractivity contribution is 9.10. The highest BCUT2D eigenvalue weighted by Gasteiger charge is 2.15. The van der Waals surface area contributed by atoms with Crippen LogP contribution in [0.2, 0.25) is 5.02 Å². The molecule has 7 nitrogen and oxygen atoms in total. The largest absolute Gasteiger partial charge is 0.493 e. The third-order valence-corrected chi connectivity index (χ3v) is 5.82. The van der Waals surface area contributed by atoms with Gasteiger partial charge in [-0.1, -0.05) is 39.7 Å². The molecule has 4 aromatic rings. The van der Waals surface area contributed by atoms with Crippen LogP contribution < -0.4 is 19.8 Å². The van der Waals surface area contributed by atoms with Gasteiger partial charge in [0, 0.05) is 15.1 Å². The summed E-state index contributed by atoms with van der Waals surface area (Å²) in [4.78, 5) is 17.5. The average Bonchev–Trinajstić information content (AvgIpc) is 2.84. The van der Waals surface area contributed by atoms with Crippen LogP contribution in [0.25, 0.3) is 10.9 Å². The summed E-state index contributed by atoms with van der Waals surface area (Å²) in [6.07, 6.45) is 1.55. The maximum Gasteiger partial charge on any atom is 0.282 e. The number of benzene rings is 3. The molecule has 1 aromatic heterocycles. The number of halogens is 2. The quantitative estimate of drug-likeness (QED) is 0.284. The molecule has 0 aliphatic rings. The number of aryl methyl sites for hydroxylation is 1. The van der Waals surface area contributed by atoms with Crippen molar-refractivity contribution in [2.45, 2.75) is 13.5 Å². The second-order valence-corrected chi connectivity index (χ2v) is 8.70. The van der Waals surface area contributed by atoms with E-state index in [9.17, 15) is 4.79 Å². The molecule has 0 aliphatic heterocycles. The van der Waals surface area contributed by atoms with E-state index in [0.29, 0.717) is 51.2 Å². The summed E-state index contributed by atoms with van der Waals surface area (Å²) in [6, 6.07) is 16.3. The average molecular weight is 543 g/mol. The highest BCUT2D eigenvalue weighted by Crippen LogP contribution is 2.38. The molecule has 0 radical (unpaired) electrons. The first-order chi connectivity index (χ1) is 16.4. The summed E-state index contributed by atoms with van der Waals surface area (Å²) >= 11 is 9.34. The Labute approximate surface area is 209 Å². The molecule has 0 amide bonds. The van der Waals surface area contributed by atoms with Gasteiger partial charge in [0.1, 0.15) is 12.4 Å². The predicted octanol–water partition coefficient (Wildman–Crippen LogP) is 5.60. The fourth-order valence-corrected chi connectivity index (χ4v) is 3.86. The van der Waals surface area contributed by atoms with Crippen LogP contribution in [0.1, 0.15) is 17.0 Å². The van der Waals surface area contributed by atoms with E-state index >= 15 is 0 Å². The summed E-state index contributed by atoms with van der Waals surface area (Å²) in [5, 5.41) is 5.50. The molecule has 1 heterocycles. The zero-order valence-corrected chi connectivity index (χ0v) is 21.1. The molecular formula is C25H21BrClN3O4. The van der Waals surface area contributed by atoms with Crippen molar-refractivity contribution in [2.75, 3.05) is 14.2 Å². The molecule has 0 spiro atoms. The Morgan fingerprint density at radius 1 is 1.06 bits per heavy atom. The van der Waals surface area contributed by atoms with Gasteiger partial charge >= 0.3 is 0 Å². The lowest BCUT2D eigenvalue weighted by atomic mass is 10.2. The molecule has 0 atom stereocenters. The van der Waals surface area contributed by atoms with E-state index in [0.717, 1.165) is 10.0 Å². The van der Waals surface area contributed by atoms with Crippen molar-refractivity contribution in [2.24, 2.45) is 5.10 Å². The van der Waals surface area contributed by atoms with Gasteiger partial charge in [-0.15, -0.1) is 0 Å². The second-order valence-electron chi connectivity index (χ2n) is 7.35. The van der Waals surface area contributed by atoms with Gasteiger partial charge in [0.25, 0.3) is 5.56 Å². The van der Waals surface area contributed by atoms with Crippen molar-refractivity contribution in [3.8, 4) is 17.2 Å². The van der Waals surface area contributed by atoms with Gasteiger partial charge in [0.05, 0.1) is 31.3 Å². The molecule has 9 heteroatoms. The van der Waals surface area contributed by atoms with Crippen molar-refractivity contribution in [3.63, 3.8) is 0 Å². The Morgan fingerprint density at radius 2 is 1.74 bits per heavy atom. The van der Waals surface area contributed by atoms with Crippen LogP contribution in [0.4, 0.5) is 0 Å². The Bertz CT molecular complexity index is 1410. The van der Waals surface area contributed by atoms with Crippen molar-refractivity contribution in [3.05, 3.63) is 91.4 Å². The smallest absolute Gasteiger partial charge is 0.282 e. The topological polar surface area (TPSA) is 74.9 Å². The first kappa shape index (κ1) is 23.8. The molecule has 0 saturated carbocycles. The van der Waals surface area contributed by atoms with E-state index < -0.39 is 0 Å². The van der Waals surface area contributed by atoms with Gasteiger partial charge in [-0.3, -0.25) is 4.79 Å². The fourth-order valence-electron chi connectivity index (χ4n) is 3.37. The summed E-state index contributed by atoms with van der Waals surface area (Å²) in [7, 11) is 3.09. The molecular weight excluding hydrogens is 522 g/mol. The van der Waals surface area contributed by atoms with Crippen LogP contribution in [-0.2, 0) is 6.61 Å². The Balaban J connectivity index is 1.66. The van der Waals surface area contributed by atoms with Gasteiger partial charge in [0.15, 0.2) is 11.5 Å². The summed E-state index contributed by atoms with van der Waals surface area (Å²) in [5.74, 6) is 1.87. The normalized spacial score (nSPS) is 11.2. The van der Waals surface area contributed by atoms with Gasteiger partial charge in [-0.25, -0.2) is 4.98 Å². The second kappa shape index (κ2) is 10.3. The molecule has 0 N–H and O–H groups in total. The SMILES string of the molecule is COc1cc(C=Nn2c(C)nc3ccc(Br)cc3c2=O)cc(OC)c1OCc1ccc(Cl)cc1. The van der Waals surface area contributed by atoms with Crippen molar-refractivity contribution >= 4 is 44.6 Å². The number of methoxy groups -OCH3 is 2. The predicted molar refractivity (Wildman–Crippen MR) is 137 cm³/mol. The van der Waals surface area contributed by atoms with Crippen molar-refractivity contribution in [1.82, 2.24) is 9.66 Å². The molecule has 174 valence electrons. The number of hydrogen-bond acceptors (Lipinski definition) is 6. The third-order valence-electron chi connectivity index (χ3n) is 5.07. The number of nitrogens with zero attached hydrogens (tertiary/aromatic N) is 3. The third kappa shape index (κ3) is 5.08. The zero-order chi connectivity index (χ0) is 24.2. The van der Waals surface area contributed by atoms with Crippen LogP contribution in [0.15, 0.2) is 69.0 Å². The molecule has 0 aliphatic carbocycles. The van der Waals surface area contributed by atoms with Crippen molar-refractivity contribution < 1.29 is 14.2 Å². The van der Waals surface area contributed by atoms with Crippen LogP contribution in [0.3, 0.4) is 0 Å². The van der Waals surface area contributed by atoms with E-state index in [-0.39, 0.29) is 5.56 Å². The van der Waals surface area contributed by atoms with E-state index in [2.05, 4.69) is 26.0 Å². The molecule has 0 bridgehead atoms. The number of aromatic nitrogens is 2. The fraction of sp³-hybridized carbons (Fsp3) is 0.160. The van der Waals surface area contributed by atoms with Crippen LogP contribution in [-0.4, -0.2) is 30.1 Å². The number of hydrogen-bond donors (Lipinski definition) is 0. The van der Waals surface area contributed by atoms with E-state index in [1.807, 2.05) is 18.2 Å². The Morgan fingerprint density at radius 3 is 2.38 bits per heavy atom. The minimum absolute atomic E-state index is 0.262. The molecule has 3 aromatic carbocycles. The monoisotopic (exact) mass is 541 g/mol. The number of fused-ring (bicyclic) bond motifs is 1. The van der Waals surface area contributed by atoms with Gasteiger partial charge in [-0.05, 0) is 55.0 Å². The summed E-state index contributed by atoms with van der Waals surface area (Å²) in [5.41, 5.74) is 1.96. The lowest BCUT2D eigenvalue weighted by Gasteiger charge is -2.15. The molecule has 0 fully saturated rings. The van der Waals surface area contributed by atoms with Gasteiger partial charge in [-0.2, -0.15) is 9.78 Å². The summed E-state index contributed by atoms with van der Waals surface area (Å²) in [6.45, 7) is 2.04. The maximum absolute atomic E-state index is 13.0. The van der Waals surface area contributed by atoms with Gasteiger partial charge in [0.2, 0.25) is 5.75 Å². The van der Waals surface area contributed by atoms with Gasteiger partial charge < -0.3 is 14.2 Å². The van der Waals surface area contributed by atoms with E-state index in [1.165, 1.54) is 4.68 Å². The highest BCUT2D eigenvalue weighted by atomic mass is 79.9. The molecule has 34 heavy (non-hydrogen) atoms. The lowest BCUT2D eigenvalue weighted by Crippen LogP contribution is -2.20. The van der Waals surface area contributed by atoms with Crippen LogP contribution in [0, 0.1) is 6.92 Å². The minimum atomic E-state index is -0.262. The number of rotatable bonds is 7. The standard InChI is InChI=1S/C25H21BrClN3O4/c1-15-29-21-9-6-18(26)12-20(21)25(31)30(15)28-13-17-10-22(32-2)24(23(11-17)33-3)34-14-16-4-7-19(27)8-5-16/h4-13H,14H2,1-3H3. The van der Waals surface area contributed by atoms with Crippen LogP contribution >= 0.6 is 27.5 Å². The molecule has 0 unspecified atom stereocenters. The van der Waals surface area contributed by atoms with Crippen LogP contribution in [0.5, 0.6) is 17.2 Å². The Kier molecular flexibility index (Phi) is 7.19. The minimum Gasteiger partial charge on any atom is -0.493 e. The number of ether oxygens (including phenoxy) is 3.